The maximum atomic E-state index is 12.5. The first-order chi connectivity index (χ1) is 20.1. The Labute approximate surface area is 340 Å². The molecule has 6 aromatic rings. The molecule has 8 nitrogen and oxygen atoms in total. The van der Waals surface area contributed by atoms with Crippen LogP contribution >= 0.6 is 0 Å². The van der Waals surface area contributed by atoms with Gasteiger partial charge in [0.1, 0.15) is 9.79 Å². The first-order valence-corrected chi connectivity index (χ1v) is 15.7. The molecule has 0 bridgehead atoms. The van der Waals surface area contributed by atoms with Crippen molar-refractivity contribution in [1.82, 2.24) is 0 Å². The average molecular weight is 677 g/mol. The topological polar surface area (TPSA) is 133 Å². The Hall–Kier alpha value is -1.47. The predicted molar refractivity (Wildman–Crippen MR) is 180 cm³/mol. The van der Waals surface area contributed by atoms with E-state index >= 15 is 0 Å². The van der Waals surface area contributed by atoms with Gasteiger partial charge in [0, 0.05) is 33.5 Å². The number of hydrogen-bond donors (Lipinski definition) is 4. The van der Waals surface area contributed by atoms with E-state index in [4.69, 9.17) is 0 Å². The Bertz CT molecular complexity index is 2040. The van der Waals surface area contributed by atoms with Crippen LogP contribution in [0.4, 0.5) is 22.7 Å². The third kappa shape index (κ3) is 7.40. The van der Waals surface area contributed by atoms with E-state index in [0.717, 1.165) is 11.4 Å². The van der Waals surface area contributed by atoms with Gasteiger partial charge in [-0.1, -0.05) is 72.8 Å². The van der Waals surface area contributed by atoms with Gasteiger partial charge in [0.25, 0.3) is 20.2 Å². The number of para-hydroxylation sites is 2. The van der Waals surface area contributed by atoms with Crippen LogP contribution in [0.3, 0.4) is 0 Å². The van der Waals surface area contributed by atoms with Gasteiger partial charge in [0.05, 0.1) is 0 Å². The molecule has 0 aliphatic carbocycles. The van der Waals surface area contributed by atoms with Crippen LogP contribution in [0.25, 0.3) is 32.7 Å². The third-order valence-electron chi connectivity index (χ3n) is 6.96. The van der Waals surface area contributed by atoms with Crippen LogP contribution in [-0.4, -0.2) is 129 Å². The fourth-order valence-electron chi connectivity index (χ4n) is 5.21. The van der Waals surface area contributed by atoms with Crippen molar-refractivity contribution in [3.63, 3.8) is 0 Å². The molecule has 0 spiro atoms. The second-order valence-electron chi connectivity index (χ2n) is 9.61. The zero-order valence-corrected chi connectivity index (χ0v) is 23.5. The van der Waals surface area contributed by atoms with Crippen LogP contribution in [0.2, 0.25) is 0 Å². The van der Waals surface area contributed by atoms with Gasteiger partial charge in [0.2, 0.25) is 0 Å². The summed E-state index contributed by atoms with van der Waals surface area (Å²) < 4.78 is 70.3. The molecule has 0 atom stereocenters. The Morgan fingerprint density at radius 2 is 0.795 bits per heavy atom. The fourth-order valence-corrected chi connectivity index (χ4v) is 6.67. The van der Waals surface area contributed by atoms with Crippen LogP contribution in [0.15, 0.2) is 131 Å². The molecule has 0 aliphatic heterocycles. The Morgan fingerprint density at radius 3 is 1.14 bits per heavy atom. The Balaban J connectivity index is 0.00000221. The maximum absolute atomic E-state index is 12.5. The summed E-state index contributed by atoms with van der Waals surface area (Å²) in [6, 6.07) is 34.7. The molecule has 0 aromatic heterocycles. The predicted octanol–water partition coefficient (Wildman–Crippen LogP) is 6.34. The second-order valence-corrected chi connectivity index (χ2v) is 12.4. The van der Waals surface area contributed by atoms with Crippen molar-refractivity contribution in [2.75, 3.05) is 10.6 Å². The molecule has 0 saturated heterocycles. The summed E-state index contributed by atoms with van der Waals surface area (Å²) in [6.07, 6.45) is 0. The quantitative estimate of drug-likeness (QED) is 0.114. The number of fused-ring (bicyclic) bond motifs is 2. The Morgan fingerprint density at radius 1 is 0.432 bits per heavy atom. The molecule has 0 radical (unpaired) electrons. The van der Waals surface area contributed by atoms with Crippen LogP contribution in [0.1, 0.15) is 0 Å². The van der Waals surface area contributed by atoms with E-state index in [-0.39, 0.29) is 123 Å². The minimum atomic E-state index is -4.62. The zero-order valence-electron chi connectivity index (χ0n) is 21.9. The van der Waals surface area contributed by atoms with Gasteiger partial charge in [-0.05, 0) is 70.4 Å². The molecule has 6 rings (SSSR count). The molecule has 0 unspecified atom stereocenters. The van der Waals surface area contributed by atoms with E-state index in [1.807, 2.05) is 60.7 Å². The normalized spacial score (nSPS) is 11.4. The first-order valence-electron chi connectivity index (χ1n) is 12.8. The SMILES string of the molecule is O=S(=O)(O)c1cccc2c(-c3ccc(Nc4ccccc4)c4c(S(=O)(=O)O)cccc34)ccc(Nc3ccccc3)c12.[KH].[KH]. The molecule has 44 heavy (non-hydrogen) atoms. The van der Waals surface area contributed by atoms with E-state index in [2.05, 4.69) is 10.6 Å². The molecule has 4 N–H and O–H groups in total. The number of benzene rings is 6. The molecule has 0 aliphatic rings. The molecule has 12 heteroatoms. The van der Waals surface area contributed by atoms with Crippen molar-refractivity contribution in [1.29, 1.82) is 0 Å². The number of anilines is 4. The number of hydrogen-bond acceptors (Lipinski definition) is 6. The summed E-state index contributed by atoms with van der Waals surface area (Å²) in [4.78, 5) is -0.545. The van der Waals surface area contributed by atoms with Crippen molar-refractivity contribution in [3.8, 4) is 11.1 Å². The summed E-state index contributed by atoms with van der Waals surface area (Å²) in [6.45, 7) is 0. The van der Waals surface area contributed by atoms with Crippen molar-refractivity contribution in [2.24, 2.45) is 0 Å². The fraction of sp³-hybridized carbons (Fsp3) is 0. The standard InChI is InChI=1S/C32H24N2O6S2.2K.2H/c35-41(36,37)29-15-7-13-25-23(17-19-27(31(25)29)33-21-9-3-1-4-10-21)24-18-20-28(34-22-11-5-2-6-12-22)32-26(24)14-8-16-30(32)42(38,39)40;;;;/h1-20,33-34H,(H,35,36,37)(H,38,39,40);;;;. The van der Waals surface area contributed by atoms with Crippen LogP contribution < -0.4 is 10.6 Å². The molecular formula is C32H26K2N2O6S2. The van der Waals surface area contributed by atoms with E-state index in [1.165, 1.54) is 12.1 Å². The second kappa shape index (κ2) is 14.5. The summed E-state index contributed by atoms with van der Waals surface area (Å²) in [5.41, 5.74) is 3.54. The van der Waals surface area contributed by atoms with E-state index < -0.39 is 20.2 Å². The van der Waals surface area contributed by atoms with Gasteiger partial charge in [-0.25, -0.2) is 0 Å². The van der Waals surface area contributed by atoms with Gasteiger partial charge < -0.3 is 10.6 Å². The molecule has 0 fully saturated rings. The monoisotopic (exact) mass is 676 g/mol. The van der Waals surface area contributed by atoms with Gasteiger partial charge in [-0.2, -0.15) is 16.8 Å². The van der Waals surface area contributed by atoms with Gasteiger partial charge >= 0.3 is 103 Å². The molecule has 0 saturated carbocycles. The summed E-state index contributed by atoms with van der Waals surface area (Å²) in [5.74, 6) is 0. The summed E-state index contributed by atoms with van der Waals surface area (Å²) >= 11 is 0. The van der Waals surface area contributed by atoms with Gasteiger partial charge in [-0.15, -0.1) is 0 Å². The van der Waals surface area contributed by atoms with E-state index in [0.29, 0.717) is 33.3 Å². The van der Waals surface area contributed by atoms with Gasteiger partial charge in [0.15, 0.2) is 0 Å². The van der Waals surface area contributed by atoms with Crippen molar-refractivity contribution < 1.29 is 25.9 Å². The number of rotatable bonds is 7. The van der Waals surface area contributed by atoms with Crippen LogP contribution in [0.5, 0.6) is 0 Å². The molecular weight excluding hydrogens is 651 g/mol. The minimum absolute atomic E-state index is 0. The zero-order chi connectivity index (χ0) is 29.5. The molecule has 0 amide bonds. The molecule has 214 valence electrons. The Kier molecular flexibility index (Phi) is 11.7. The molecule has 6 aromatic carbocycles. The number of nitrogens with one attached hydrogen (secondary N) is 2. The molecule has 0 heterocycles. The summed E-state index contributed by atoms with van der Waals surface area (Å²) in [5, 5.41) is 8.04. The third-order valence-corrected chi connectivity index (χ3v) is 8.75. The first kappa shape index (κ1) is 35.4. The van der Waals surface area contributed by atoms with Crippen molar-refractivity contribution in [2.45, 2.75) is 9.79 Å². The average Bonchev–Trinajstić information content (AvgIpc) is 2.97. The van der Waals surface area contributed by atoms with Crippen molar-refractivity contribution in [3.05, 3.63) is 121 Å². The van der Waals surface area contributed by atoms with E-state index in [9.17, 15) is 25.9 Å². The van der Waals surface area contributed by atoms with E-state index in [1.54, 1.807) is 48.5 Å². The van der Waals surface area contributed by atoms with Gasteiger partial charge in [-0.3, -0.25) is 9.11 Å². The van der Waals surface area contributed by atoms with Crippen LogP contribution in [-0.2, 0) is 20.2 Å². The van der Waals surface area contributed by atoms with Crippen molar-refractivity contribution >= 4 is 167 Å². The van der Waals surface area contributed by atoms with Crippen LogP contribution in [0, 0.1) is 0 Å². The summed E-state index contributed by atoms with van der Waals surface area (Å²) in [7, 11) is -9.23.